The highest BCUT2D eigenvalue weighted by atomic mass is 16.5. The van der Waals surface area contributed by atoms with Crippen molar-refractivity contribution < 1.29 is 24.9 Å². The largest absolute Gasteiger partial charge is 0.508 e. The van der Waals surface area contributed by atoms with Gasteiger partial charge in [-0.05, 0) is 37.8 Å². The summed E-state index contributed by atoms with van der Waals surface area (Å²) in [5, 5.41) is 30.4. The van der Waals surface area contributed by atoms with E-state index in [1.807, 2.05) is 6.07 Å². The summed E-state index contributed by atoms with van der Waals surface area (Å²) < 4.78 is 7.57. The first kappa shape index (κ1) is 24.2. The molecule has 2 aromatic rings. The number of nitrogens with one attached hydrogen (secondary N) is 1. The lowest BCUT2D eigenvalue weighted by Crippen LogP contribution is -2.58. The van der Waals surface area contributed by atoms with E-state index < -0.39 is 34.5 Å². The molecule has 2 aliphatic heterocycles. The highest BCUT2D eigenvalue weighted by molar-refractivity contribution is 5.67. The quantitative estimate of drug-likeness (QED) is 0.486. The molecule has 4 N–H and O–H groups in total. The number of ether oxygens (including phenoxy) is 1. The van der Waals surface area contributed by atoms with E-state index in [2.05, 4.69) is 9.88 Å². The predicted molar refractivity (Wildman–Crippen MR) is 123 cm³/mol. The summed E-state index contributed by atoms with van der Waals surface area (Å²) in [5.74, 6) is -0.669. The number of aromatic hydroxyl groups is 1. The van der Waals surface area contributed by atoms with Gasteiger partial charge < -0.3 is 20.1 Å². The fraction of sp³-hybridized carbons (Fsp3) is 0.542. The van der Waals surface area contributed by atoms with Gasteiger partial charge in [0.15, 0.2) is 0 Å². The van der Waals surface area contributed by atoms with E-state index in [0.717, 1.165) is 11.1 Å². The molecule has 1 aromatic carbocycles. The summed E-state index contributed by atoms with van der Waals surface area (Å²) in [6.07, 6.45) is 3.58. The van der Waals surface area contributed by atoms with Crippen LogP contribution in [0.15, 0.2) is 40.1 Å². The zero-order chi connectivity index (χ0) is 24.5. The molecule has 10 nitrogen and oxygen atoms in total. The third-order valence-electron chi connectivity index (χ3n) is 7.06. The molecule has 2 saturated heterocycles. The van der Waals surface area contributed by atoms with Gasteiger partial charge in [-0.1, -0.05) is 12.1 Å². The van der Waals surface area contributed by atoms with Crippen LogP contribution < -0.4 is 11.2 Å². The molecule has 0 amide bonds. The van der Waals surface area contributed by atoms with Gasteiger partial charge in [0.1, 0.15) is 5.75 Å². The first-order chi connectivity index (χ1) is 16.1. The van der Waals surface area contributed by atoms with Crippen molar-refractivity contribution in [3.63, 3.8) is 0 Å². The number of piperidine rings is 1. The van der Waals surface area contributed by atoms with Crippen LogP contribution in [0.3, 0.4) is 0 Å². The lowest BCUT2D eigenvalue weighted by Gasteiger charge is -2.51. The molecule has 2 atom stereocenters. The number of H-pyrrole nitrogens is 1. The minimum Gasteiger partial charge on any atom is -0.508 e. The van der Waals surface area contributed by atoms with Gasteiger partial charge in [0.2, 0.25) is 0 Å². The number of aliphatic carboxylic acids is 1. The summed E-state index contributed by atoms with van der Waals surface area (Å²) in [6.45, 7) is 3.81. The number of carbonyl (C=O) groups is 1. The van der Waals surface area contributed by atoms with Gasteiger partial charge >= 0.3 is 11.7 Å². The monoisotopic (exact) mass is 473 g/mol. The lowest BCUT2D eigenvalue weighted by molar-refractivity contribution is -0.197. The zero-order valence-corrected chi connectivity index (χ0v) is 19.2. The number of phenolic OH excluding ortho intramolecular Hbond substituents is 1. The molecule has 0 aliphatic carbocycles. The Bertz CT molecular complexity index is 1160. The van der Waals surface area contributed by atoms with Crippen LogP contribution in [0, 0.1) is 0 Å². The van der Waals surface area contributed by atoms with Crippen molar-refractivity contribution in [1.82, 2.24) is 14.5 Å². The van der Waals surface area contributed by atoms with E-state index in [4.69, 9.17) is 9.84 Å². The van der Waals surface area contributed by atoms with Crippen LogP contribution in [0.2, 0.25) is 0 Å². The fourth-order valence-electron chi connectivity index (χ4n) is 5.16. The Kier molecular flexibility index (Phi) is 6.66. The van der Waals surface area contributed by atoms with Crippen molar-refractivity contribution in [3.8, 4) is 5.75 Å². The maximum Gasteiger partial charge on any atom is 0.328 e. The maximum absolute atomic E-state index is 12.2. The molecule has 1 aromatic heterocycles. The Balaban J connectivity index is 1.39. The van der Waals surface area contributed by atoms with Crippen molar-refractivity contribution >= 4 is 5.97 Å². The Labute approximate surface area is 196 Å². The number of phenols is 1. The number of benzene rings is 1. The van der Waals surface area contributed by atoms with Gasteiger partial charge in [-0.2, -0.15) is 0 Å². The summed E-state index contributed by atoms with van der Waals surface area (Å²) in [6, 6.07) is 5.86. The molecule has 0 bridgehead atoms. The van der Waals surface area contributed by atoms with Crippen molar-refractivity contribution in [2.75, 3.05) is 19.7 Å². The summed E-state index contributed by atoms with van der Waals surface area (Å²) >= 11 is 0. The number of nitrogens with zero attached hydrogens (tertiary/aromatic N) is 2. The average Bonchev–Trinajstić information content (AvgIpc) is 2.76. The topological polar surface area (TPSA) is 145 Å². The van der Waals surface area contributed by atoms with Gasteiger partial charge in [-0.3, -0.25) is 24.0 Å². The molecule has 3 heterocycles. The second-order valence-electron chi connectivity index (χ2n) is 9.69. The fourth-order valence-corrected chi connectivity index (χ4v) is 5.16. The third-order valence-corrected chi connectivity index (χ3v) is 7.06. The second-order valence-corrected chi connectivity index (χ2v) is 9.69. The minimum atomic E-state index is -1.20. The first-order valence-corrected chi connectivity index (χ1v) is 11.5. The van der Waals surface area contributed by atoms with E-state index in [1.165, 1.54) is 16.8 Å². The normalized spacial score (nSPS) is 24.8. The Hall–Kier alpha value is -2.95. The smallest absolute Gasteiger partial charge is 0.328 e. The number of aliphatic hydroxyl groups is 1. The summed E-state index contributed by atoms with van der Waals surface area (Å²) in [7, 11) is 0. The standard InChI is InChI=1S/C24H31N3O7/c1-23(33)15-24(34-14-19(23)27-9-6-20(29)25-22(27)32)7-10-26(11-8-24)13-17-12-16(2-4-18(17)28)3-5-21(30)31/h2,4,6,9,12,19,28,33H,3,5,7-8,10-11,13-15H2,1H3,(H,30,31)(H,25,29,32)/t19-,23-/m0/s1. The molecule has 0 unspecified atom stereocenters. The maximum atomic E-state index is 12.2. The summed E-state index contributed by atoms with van der Waals surface area (Å²) in [5.41, 5.74) is -1.13. The van der Waals surface area contributed by atoms with E-state index in [1.54, 1.807) is 19.1 Å². The lowest BCUT2D eigenvalue weighted by atomic mass is 9.75. The molecular weight excluding hydrogens is 442 g/mol. The average molecular weight is 474 g/mol. The van der Waals surface area contributed by atoms with E-state index in [-0.39, 0.29) is 18.8 Å². The van der Waals surface area contributed by atoms with Gasteiger partial charge in [-0.25, -0.2) is 4.79 Å². The number of carboxylic acids is 1. The van der Waals surface area contributed by atoms with Gasteiger partial charge in [0, 0.05) is 50.3 Å². The van der Waals surface area contributed by atoms with Crippen LogP contribution in [-0.4, -0.2) is 66.6 Å². The highest BCUT2D eigenvalue weighted by Gasteiger charge is 2.50. The number of carboxylic acid groups (broad SMARTS) is 1. The number of aryl methyl sites for hydroxylation is 1. The number of hydrogen-bond acceptors (Lipinski definition) is 7. The molecule has 34 heavy (non-hydrogen) atoms. The van der Waals surface area contributed by atoms with Crippen LogP contribution in [-0.2, 0) is 22.5 Å². The van der Waals surface area contributed by atoms with Crippen LogP contribution in [0.5, 0.6) is 5.75 Å². The van der Waals surface area contributed by atoms with Crippen LogP contribution in [0.4, 0.5) is 0 Å². The van der Waals surface area contributed by atoms with Gasteiger partial charge in [0.25, 0.3) is 5.56 Å². The number of likely N-dealkylation sites (tertiary alicyclic amines) is 1. The van der Waals surface area contributed by atoms with Crippen molar-refractivity contribution in [2.45, 2.75) is 62.8 Å². The molecule has 2 aliphatic rings. The summed E-state index contributed by atoms with van der Waals surface area (Å²) in [4.78, 5) is 38.9. The SMILES string of the molecule is C[C@]1(O)CC2(CCN(Cc3cc(CCC(=O)O)ccc3O)CC2)OC[C@@H]1n1ccc(=O)[nH]c1=O. The molecule has 1 spiro atoms. The van der Waals surface area contributed by atoms with E-state index in [9.17, 15) is 24.6 Å². The molecule has 184 valence electrons. The van der Waals surface area contributed by atoms with Crippen LogP contribution in [0.1, 0.15) is 49.8 Å². The molecule has 4 rings (SSSR count). The molecule has 10 heteroatoms. The van der Waals surface area contributed by atoms with Gasteiger partial charge in [0.05, 0.1) is 23.9 Å². The molecular formula is C24H31N3O7. The number of aromatic nitrogens is 2. The number of rotatable bonds is 6. The second kappa shape index (κ2) is 9.36. The van der Waals surface area contributed by atoms with Crippen molar-refractivity contribution in [1.29, 1.82) is 0 Å². The molecule has 2 fully saturated rings. The molecule has 0 radical (unpaired) electrons. The van der Waals surface area contributed by atoms with E-state index in [0.29, 0.717) is 45.3 Å². The predicted octanol–water partition coefficient (Wildman–Crippen LogP) is 1.01. The first-order valence-electron chi connectivity index (χ1n) is 11.5. The number of aromatic amines is 1. The Morgan fingerprint density at radius 3 is 2.62 bits per heavy atom. The van der Waals surface area contributed by atoms with Gasteiger partial charge in [-0.15, -0.1) is 0 Å². The zero-order valence-electron chi connectivity index (χ0n) is 19.2. The number of hydrogen-bond donors (Lipinski definition) is 4. The Morgan fingerprint density at radius 2 is 1.97 bits per heavy atom. The minimum absolute atomic E-state index is 0.0416. The van der Waals surface area contributed by atoms with Crippen molar-refractivity contribution in [3.05, 3.63) is 62.4 Å². The Morgan fingerprint density at radius 1 is 1.24 bits per heavy atom. The van der Waals surface area contributed by atoms with E-state index >= 15 is 0 Å². The highest BCUT2D eigenvalue weighted by Crippen LogP contribution is 2.43. The third kappa shape index (κ3) is 5.24. The van der Waals surface area contributed by atoms with Crippen LogP contribution in [0.25, 0.3) is 0 Å². The molecule has 0 saturated carbocycles. The van der Waals surface area contributed by atoms with Crippen molar-refractivity contribution in [2.24, 2.45) is 0 Å². The van der Waals surface area contributed by atoms with Crippen LogP contribution >= 0.6 is 0 Å².